The molecule has 0 radical (unpaired) electrons. The number of thiocarbonyl (C=S) groups is 1. The van der Waals surface area contributed by atoms with Gasteiger partial charge in [-0.25, -0.2) is 13.2 Å². The molecule has 0 aliphatic rings. The number of hydrogen-bond donors (Lipinski definition) is 2. The van der Waals surface area contributed by atoms with Gasteiger partial charge in [-0.3, -0.25) is 0 Å². The molecule has 0 saturated carbocycles. The number of rotatable bonds is 3. The molecule has 8 heteroatoms. The van der Waals surface area contributed by atoms with Gasteiger partial charge in [0.1, 0.15) is 22.3 Å². The maximum atomic E-state index is 13.9. The molecular weight excluding hydrogens is 344 g/mol. The van der Waals surface area contributed by atoms with Crippen LogP contribution in [0.15, 0.2) is 24.3 Å². The molecule has 0 unspecified atom stereocenters. The summed E-state index contributed by atoms with van der Waals surface area (Å²) >= 11 is 15.9. The molecule has 0 bridgehead atoms. The van der Waals surface area contributed by atoms with E-state index in [-0.39, 0.29) is 26.3 Å². The van der Waals surface area contributed by atoms with Crippen molar-refractivity contribution in [3.63, 3.8) is 0 Å². The van der Waals surface area contributed by atoms with Gasteiger partial charge in [0.25, 0.3) is 0 Å². The Morgan fingerprint density at radius 1 is 1.00 bits per heavy atom. The standard InChI is InChI=1S/C13H7Cl2F3N2S/c14-7-3-6(4-8(15)11(7)18)20-12-9(16)1-5(13(19)21)2-10(12)17/h1-4,20H,(H2,19,21). The van der Waals surface area contributed by atoms with Crippen molar-refractivity contribution in [1.82, 2.24) is 0 Å². The number of hydrogen-bond acceptors (Lipinski definition) is 2. The van der Waals surface area contributed by atoms with Crippen LogP contribution in [-0.4, -0.2) is 4.99 Å². The third kappa shape index (κ3) is 3.40. The molecule has 0 amide bonds. The molecule has 0 fully saturated rings. The molecule has 0 aliphatic carbocycles. The summed E-state index contributed by atoms with van der Waals surface area (Å²) < 4.78 is 41.0. The van der Waals surface area contributed by atoms with Crippen LogP contribution in [0.3, 0.4) is 0 Å². The van der Waals surface area contributed by atoms with Crippen molar-refractivity contribution in [1.29, 1.82) is 0 Å². The number of halogens is 5. The lowest BCUT2D eigenvalue weighted by molar-refractivity contribution is 0.590. The van der Waals surface area contributed by atoms with Crippen LogP contribution < -0.4 is 11.1 Å². The highest BCUT2D eigenvalue weighted by atomic mass is 35.5. The minimum atomic E-state index is -0.908. The Labute approximate surface area is 133 Å². The van der Waals surface area contributed by atoms with Crippen molar-refractivity contribution in [2.75, 3.05) is 5.32 Å². The van der Waals surface area contributed by atoms with Crippen molar-refractivity contribution in [3.05, 3.63) is 57.3 Å². The van der Waals surface area contributed by atoms with Crippen molar-refractivity contribution in [2.45, 2.75) is 0 Å². The third-order valence-corrected chi connectivity index (χ3v) is 3.37. The molecular formula is C13H7Cl2F3N2S. The Kier molecular flexibility index (Phi) is 4.61. The first-order valence-electron chi connectivity index (χ1n) is 5.50. The Bertz CT molecular complexity index is 691. The van der Waals surface area contributed by atoms with Gasteiger partial charge in [0.05, 0.1) is 10.0 Å². The van der Waals surface area contributed by atoms with Gasteiger partial charge in [-0.2, -0.15) is 0 Å². The zero-order valence-corrected chi connectivity index (χ0v) is 12.5. The average molecular weight is 351 g/mol. The Morgan fingerprint density at radius 2 is 1.48 bits per heavy atom. The van der Waals surface area contributed by atoms with Crippen molar-refractivity contribution in [2.24, 2.45) is 5.73 Å². The molecule has 2 aromatic carbocycles. The van der Waals surface area contributed by atoms with Crippen molar-refractivity contribution < 1.29 is 13.2 Å². The summed E-state index contributed by atoms with van der Waals surface area (Å²) in [5.74, 6) is -2.63. The lowest BCUT2D eigenvalue weighted by Crippen LogP contribution is -2.11. The largest absolute Gasteiger partial charge is 0.389 e. The first-order valence-corrected chi connectivity index (χ1v) is 6.66. The smallest absolute Gasteiger partial charge is 0.160 e. The molecule has 2 nitrogen and oxygen atoms in total. The minimum absolute atomic E-state index is 0.0562. The molecule has 0 aliphatic heterocycles. The summed E-state index contributed by atoms with van der Waals surface area (Å²) in [5, 5.41) is 1.90. The van der Waals surface area contributed by atoms with Crippen LogP contribution in [0.5, 0.6) is 0 Å². The molecule has 2 rings (SSSR count). The lowest BCUT2D eigenvalue weighted by atomic mass is 10.1. The maximum absolute atomic E-state index is 13.9. The molecule has 0 saturated heterocycles. The first kappa shape index (κ1) is 15.9. The van der Waals surface area contributed by atoms with E-state index in [1.165, 1.54) is 0 Å². The fourth-order valence-electron chi connectivity index (χ4n) is 1.61. The molecule has 0 aromatic heterocycles. The summed E-state index contributed by atoms with van der Waals surface area (Å²) in [6.07, 6.45) is 0. The van der Waals surface area contributed by atoms with Gasteiger partial charge in [0.15, 0.2) is 5.82 Å². The summed E-state index contributed by atoms with van der Waals surface area (Å²) in [7, 11) is 0. The molecule has 2 aromatic rings. The number of benzene rings is 2. The van der Waals surface area contributed by atoms with Crippen LogP contribution in [-0.2, 0) is 0 Å². The van der Waals surface area contributed by atoms with Crippen LogP contribution in [0, 0.1) is 17.5 Å². The second-order valence-electron chi connectivity index (χ2n) is 4.06. The summed E-state index contributed by atoms with van der Waals surface area (Å²) in [6.45, 7) is 0. The van der Waals surface area contributed by atoms with E-state index in [1.54, 1.807) is 0 Å². The van der Waals surface area contributed by atoms with E-state index in [1.807, 2.05) is 0 Å². The Morgan fingerprint density at radius 3 is 1.90 bits per heavy atom. The SMILES string of the molecule is NC(=S)c1cc(F)c(Nc2cc(Cl)c(F)c(Cl)c2)c(F)c1. The second-order valence-corrected chi connectivity index (χ2v) is 5.31. The van der Waals surface area contributed by atoms with Gasteiger partial charge in [0, 0.05) is 11.3 Å². The minimum Gasteiger partial charge on any atom is -0.389 e. The second kappa shape index (κ2) is 6.09. The van der Waals surface area contributed by atoms with Crippen LogP contribution in [0.2, 0.25) is 10.0 Å². The molecule has 0 heterocycles. The van der Waals surface area contributed by atoms with Gasteiger partial charge >= 0.3 is 0 Å². The van der Waals surface area contributed by atoms with Crippen LogP contribution in [0.25, 0.3) is 0 Å². The van der Waals surface area contributed by atoms with Gasteiger partial charge in [-0.05, 0) is 24.3 Å². The summed E-state index contributed by atoms with van der Waals surface area (Å²) in [6, 6.07) is 4.28. The van der Waals surface area contributed by atoms with E-state index in [0.717, 1.165) is 24.3 Å². The molecule has 3 N–H and O–H groups in total. The highest BCUT2D eigenvalue weighted by Crippen LogP contribution is 2.31. The third-order valence-electron chi connectivity index (χ3n) is 2.58. The van der Waals surface area contributed by atoms with Gasteiger partial charge < -0.3 is 11.1 Å². The zero-order valence-electron chi connectivity index (χ0n) is 10.2. The quantitative estimate of drug-likeness (QED) is 0.617. The molecule has 21 heavy (non-hydrogen) atoms. The van der Waals surface area contributed by atoms with Crippen LogP contribution >= 0.6 is 35.4 Å². The molecule has 110 valence electrons. The number of nitrogens with two attached hydrogens (primary N) is 1. The lowest BCUT2D eigenvalue weighted by Gasteiger charge is -2.11. The van der Waals surface area contributed by atoms with E-state index < -0.39 is 23.1 Å². The van der Waals surface area contributed by atoms with Crippen molar-refractivity contribution in [3.8, 4) is 0 Å². The normalized spacial score (nSPS) is 10.5. The van der Waals surface area contributed by atoms with Crippen molar-refractivity contribution >= 4 is 51.8 Å². The maximum Gasteiger partial charge on any atom is 0.160 e. The van der Waals surface area contributed by atoms with Crippen LogP contribution in [0.1, 0.15) is 5.56 Å². The monoisotopic (exact) mass is 350 g/mol. The van der Waals surface area contributed by atoms with E-state index in [0.29, 0.717) is 0 Å². The van der Waals surface area contributed by atoms with E-state index in [2.05, 4.69) is 17.5 Å². The van der Waals surface area contributed by atoms with Gasteiger partial charge in [-0.1, -0.05) is 35.4 Å². The highest BCUT2D eigenvalue weighted by Gasteiger charge is 2.14. The number of nitrogens with one attached hydrogen (secondary N) is 1. The Balaban J connectivity index is 2.43. The number of anilines is 2. The van der Waals surface area contributed by atoms with Crippen LogP contribution in [0.4, 0.5) is 24.5 Å². The van der Waals surface area contributed by atoms with E-state index in [4.69, 9.17) is 28.9 Å². The summed E-state index contributed by atoms with van der Waals surface area (Å²) in [5.41, 5.74) is 5.05. The predicted octanol–water partition coefficient (Wildman–Crippen LogP) is 4.79. The predicted molar refractivity (Wildman–Crippen MR) is 81.9 cm³/mol. The fraction of sp³-hybridized carbons (Fsp3) is 0. The highest BCUT2D eigenvalue weighted by molar-refractivity contribution is 7.80. The van der Waals surface area contributed by atoms with Gasteiger partial charge in [-0.15, -0.1) is 0 Å². The Hall–Kier alpha value is -1.50. The fourth-order valence-corrected chi connectivity index (χ4v) is 2.21. The molecule has 0 spiro atoms. The zero-order chi connectivity index (χ0) is 15.7. The first-order chi connectivity index (χ1) is 9.79. The average Bonchev–Trinajstić information content (AvgIpc) is 2.39. The molecule has 0 atom stereocenters. The van der Waals surface area contributed by atoms with Gasteiger partial charge in [0.2, 0.25) is 0 Å². The van der Waals surface area contributed by atoms with E-state index in [9.17, 15) is 13.2 Å². The van der Waals surface area contributed by atoms with E-state index >= 15 is 0 Å². The summed E-state index contributed by atoms with van der Waals surface area (Å²) in [4.78, 5) is -0.132. The topological polar surface area (TPSA) is 38.0 Å².